The Balaban J connectivity index is 1.29. The number of carbonyl (C=O) groups excluding carboxylic acids is 1. The summed E-state index contributed by atoms with van der Waals surface area (Å²) in [7, 11) is 0. The molecule has 0 spiro atoms. The van der Waals surface area contributed by atoms with Crippen molar-refractivity contribution in [3.8, 4) is 22.9 Å². The number of rotatable bonds is 4. The standard InChI is InChI=1S/C20H16FN3O4/c21-15-4-2-13(3-5-15)19-22-20(28-23-19)14-8-18(25)24(10-14)9-12-1-6-16-17(7-12)27-11-26-16/h1-7,14H,8-11H2. The zero-order valence-corrected chi connectivity index (χ0v) is 14.8. The van der Waals surface area contributed by atoms with Crippen molar-refractivity contribution in [1.29, 1.82) is 0 Å². The first kappa shape index (κ1) is 16.7. The summed E-state index contributed by atoms with van der Waals surface area (Å²) < 4.78 is 29.1. The number of amides is 1. The maximum atomic E-state index is 13.1. The number of nitrogens with zero attached hydrogens (tertiary/aromatic N) is 3. The molecule has 1 saturated heterocycles. The second-order valence-electron chi connectivity index (χ2n) is 6.83. The predicted molar refractivity (Wildman–Crippen MR) is 95.0 cm³/mol. The highest BCUT2D eigenvalue weighted by Crippen LogP contribution is 2.34. The molecule has 1 atom stereocenters. The number of carbonyl (C=O) groups is 1. The van der Waals surface area contributed by atoms with Crippen LogP contribution in [0.4, 0.5) is 4.39 Å². The number of fused-ring (bicyclic) bond motifs is 1. The van der Waals surface area contributed by atoms with Crippen molar-refractivity contribution in [3.63, 3.8) is 0 Å². The molecular formula is C20H16FN3O4. The Morgan fingerprint density at radius 3 is 2.79 bits per heavy atom. The van der Waals surface area contributed by atoms with Crippen LogP contribution in [0.15, 0.2) is 47.0 Å². The molecular weight excluding hydrogens is 365 g/mol. The molecule has 0 radical (unpaired) electrons. The number of likely N-dealkylation sites (tertiary alicyclic amines) is 1. The molecule has 0 bridgehead atoms. The molecule has 8 heteroatoms. The number of ether oxygens (including phenoxy) is 2. The van der Waals surface area contributed by atoms with E-state index in [1.165, 1.54) is 12.1 Å². The summed E-state index contributed by atoms with van der Waals surface area (Å²) in [5, 5.41) is 3.97. The highest BCUT2D eigenvalue weighted by atomic mass is 19.1. The molecule has 142 valence electrons. The molecule has 7 nitrogen and oxygen atoms in total. The highest BCUT2D eigenvalue weighted by molar-refractivity contribution is 5.79. The van der Waals surface area contributed by atoms with Gasteiger partial charge in [0.05, 0.1) is 5.92 Å². The maximum absolute atomic E-state index is 13.1. The van der Waals surface area contributed by atoms with E-state index in [9.17, 15) is 9.18 Å². The van der Waals surface area contributed by atoms with Crippen LogP contribution in [0.1, 0.15) is 23.8 Å². The molecule has 0 N–H and O–H groups in total. The van der Waals surface area contributed by atoms with E-state index in [1.807, 2.05) is 18.2 Å². The summed E-state index contributed by atoms with van der Waals surface area (Å²) in [5.74, 6) is 1.76. The van der Waals surface area contributed by atoms with Gasteiger partial charge in [-0.05, 0) is 42.0 Å². The van der Waals surface area contributed by atoms with Gasteiger partial charge in [0.25, 0.3) is 0 Å². The second-order valence-corrected chi connectivity index (χ2v) is 6.83. The maximum Gasteiger partial charge on any atom is 0.232 e. The van der Waals surface area contributed by atoms with E-state index in [0.717, 1.165) is 5.56 Å². The van der Waals surface area contributed by atoms with Crippen LogP contribution in [0.3, 0.4) is 0 Å². The van der Waals surface area contributed by atoms with Gasteiger partial charge in [-0.25, -0.2) is 4.39 Å². The normalized spacial score (nSPS) is 18.1. The van der Waals surface area contributed by atoms with Gasteiger partial charge in [0.15, 0.2) is 11.5 Å². The van der Waals surface area contributed by atoms with E-state index in [2.05, 4.69) is 10.1 Å². The van der Waals surface area contributed by atoms with Crippen LogP contribution in [0.5, 0.6) is 11.5 Å². The van der Waals surface area contributed by atoms with E-state index < -0.39 is 0 Å². The minimum Gasteiger partial charge on any atom is -0.454 e. The fourth-order valence-electron chi connectivity index (χ4n) is 3.47. The lowest BCUT2D eigenvalue weighted by Gasteiger charge is -2.16. The highest BCUT2D eigenvalue weighted by Gasteiger charge is 2.34. The van der Waals surface area contributed by atoms with Crippen molar-refractivity contribution in [2.75, 3.05) is 13.3 Å². The zero-order chi connectivity index (χ0) is 19.1. The van der Waals surface area contributed by atoms with Gasteiger partial charge in [0.2, 0.25) is 24.4 Å². The summed E-state index contributed by atoms with van der Waals surface area (Å²) >= 11 is 0. The summed E-state index contributed by atoms with van der Waals surface area (Å²) in [6, 6.07) is 11.5. The summed E-state index contributed by atoms with van der Waals surface area (Å²) in [4.78, 5) is 18.6. The van der Waals surface area contributed by atoms with Crippen molar-refractivity contribution >= 4 is 5.91 Å². The van der Waals surface area contributed by atoms with Gasteiger partial charge in [-0.2, -0.15) is 4.98 Å². The third kappa shape index (κ3) is 3.06. The molecule has 2 aliphatic heterocycles. The molecule has 1 unspecified atom stereocenters. The van der Waals surface area contributed by atoms with Gasteiger partial charge < -0.3 is 18.9 Å². The molecule has 1 amide bonds. The van der Waals surface area contributed by atoms with Crippen LogP contribution < -0.4 is 9.47 Å². The molecule has 0 aliphatic carbocycles. The molecule has 2 aromatic carbocycles. The van der Waals surface area contributed by atoms with Crippen LogP contribution in [-0.2, 0) is 11.3 Å². The van der Waals surface area contributed by atoms with E-state index in [-0.39, 0.29) is 24.4 Å². The minimum atomic E-state index is -0.326. The molecule has 1 aromatic heterocycles. The molecule has 1 fully saturated rings. The lowest BCUT2D eigenvalue weighted by molar-refractivity contribution is -0.128. The Kier molecular flexibility index (Phi) is 3.96. The predicted octanol–water partition coefficient (Wildman–Crippen LogP) is 3.12. The molecule has 3 aromatic rings. The van der Waals surface area contributed by atoms with Gasteiger partial charge in [-0.3, -0.25) is 4.79 Å². The van der Waals surface area contributed by atoms with Crippen molar-refractivity contribution in [2.24, 2.45) is 0 Å². The van der Waals surface area contributed by atoms with Crippen molar-refractivity contribution in [2.45, 2.75) is 18.9 Å². The molecule has 5 rings (SSSR count). The number of hydrogen-bond acceptors (Lipinski definition) is 6. The van der Waals surface area contributed by atoms with Crippen LogP contribution in [0.25, 0.3) is 11.4 Å². The van der Waals surface area contributed by atoms with Crippen molar-refractivity contribution < 1.29 is 23.2 Å². The van der Waals surface area contributed by atoms with E-state index in [0.29, 0.717) is 48.3 Å². The first-order chi connectivity index (χ1) is 13.7. The van der Waals surface area contributed by atoms with Crippen LogP contribution in [-0.4, -0.2) is 34.3 Å². The first-order valence-corrected chi connectivity index (χ1v) is 8.91. The minimum absolute atomic E-state index is 0.0317. The smallest absolute Gasteiger partial charge is 0.232 e. The first-order valence-electron chi connectivity index (χ1n) is 8.91. The fourth-order valence-corrected chi connectivity index (χ4v) is 3.47. The fraction of sp³-hybridized carbons (Fsp3) is 0.250. The average molecular weight is 381 g/mol. The number of halogens is 1. The molecule has 2 aliphatic rings. The summed E-state index contributed by atoms with van der Waals surface area (Å²) in [6.07, 6.45) is 0.315. The lowest BCUT2D eigenvalue weighted by atomic mass is 10.1. The number of hydrogen-bond donors (Lipinski definition) is 0. The SMILES string of the molecule is O=C1CC(c2nc(-c3ccc(F)cc3)no2)CN1Cc1ccc2c(c1)OCO2. The van der Waals surface area contributed by atoms with Gasteiger partial charge >= 0.3 is 0 Å². The molecule has 3 heterocycles. The molecule has 28 heavy (non-hydrogen) atoms. The zero-order valence-electron chi connectivity index (χ0n) is 14.8. The van der Waals surface area contributed by atoms with Crippen LogP contribution in [0.2, 0.25) is 0 Å². The largest absolute Gasteiger partial charge is 0.454 e. The van der Waals surface area contributed by atoms with Gasteiger partial charge in [-0.1, -0.05) is 11.2 Å². The van der Waals surface area contributed by atoms with Crippen LogP contribution >= 0.6 is 0 Å². The quantitative estimate of drug-likeness (QED) is 0.691. The van der Waals surface area contributed by atoms with Crippen molar-refractivity contribution in [3.05, 3.63) is 59.7 Å². The van der Waals surface area contributed by atoms with E-state index in [1.54, 1.807) is 17.0 Å². The summed E-state index contributed by atoms with van der Waals surface area (Å²) in [5.41, 5.74) is 1.63. The summed E-state index contributed by atoms with van der Waals surface area (Å²) in [6.45, 7) is 1.19. The monoisotopic (exact) mass is 381 g/mol. The van der Waals surface area contributed by atoms with Gasteiger partial charge in [-0.15, -0.1) is 0 Å². The van der Waals surface area contributed by atoms with Gasteiger partial charge in [0, 0.05) is 25.1 Å². The Labute approximate surface area is 159 Å². The third-order valence-corrected chi connectivity index (χ3v) is 4.92. The average Bonchev–Trinajstić information content (AvgIpc) is 3.42. The Hall–Kier alpha value is -3.42. The Bertz CT molecular complexity index is 1030. The van der Waals surface area contributed by atoms with E-state index in [4.69, 9.17) is 14.0 Å². The molecule has 0 saturated carbocycles. The second kappa shape index (κ2) is 6.63. The number of benzene rings is 2. The van der Waals surface area contributed by atoms with Gasteiger partial charge in [0.1, 0.15) is 5.82 Å². The lowest BCUT2D eigenvalue weighted by Crippen LogP contribution is -2.24. The van der Waals surface area contributed by atoms with Crippen LogP contribution in [0, 0.1) is 5.82 Å². The topological polar surface area (TPSA) is 77.7 Å². The Morgan fingerprint density at radius 2 is 1.93 bits per heavy atom. The van der Waals surface area contributed by atoms with E-state index >= 15 is 0 Å². The Morgan fingerprint density at radius 1 is 1.11 bits per heavy atom. The third-order valence-electron chi connectivity index (χ3n) is 4.92. The number of aromatic nitrogens is 2. The van der Waals surface area contributed by atoms with Crippen molar-refractivity contribution in [1.82, 2.24) is 15.0 Å².